The number of halogens is 1. The molecule has 0 saturated carbocycles. The largest absolute Gasteiger partial charge is 0.403 e. The van der Waals surface area contributed by atoms with E-state index >= 15 is 0 Å². The van der Waals surface area contributed by atoms with Gasteiger partial charge in [-0.1, -0.05) is 53.6 Å². The predicted molar refractivity (Wildman–Crippen MR) is 119 cm³/mol. The molecule has 9 heteroatoms. The van der Waals surface area contributed by atoms with Crippen molar-refractivity contribution in [2.75, 3.05) is 10.6 Å². The number of para-hydroxylation sites is 1. The third-order valence-corrected chi connectivity index (χ3v) is 5.01. The summed E-state index contributed by atoms with van der Waals surface area (Å²) in [5.41, 5.74) is 3.12. The molecule has 8 nitrogen and oxygen atoms in total. The average Bonchev–Trinajstić information content (AvgIpc) is 3.26. The van der Waals surface area contributed by atoms with Gasteiger partial charge in [-0.2, -0.15) is 5.26 Å². The minimum absolute atomic E-state index is 0.0462. The van der Waals surface area contributed by atoms with Crippen LogP contribution in [0.15, 0.2) is 82.2 Å². The Morgan fingerprint density at radius 3 is 2.61 bits per heavy atom. The highest BCUT2D eigenvalue weighted by Gasteiger charge is 2.27. The standard InChI is InChI=1S/C24H15FN6O2/c25-18-11-10-15(12-16(18)13-26)23-30-31-24(33-23)29-21-22(32)27-19-9-5-4-8-17(19)20(28-21)14-6-2-1-3-7-14/h1-12,21H,(H,27,32)(H,29,31). The van der Waals surface area contributed by atoms with E-state index in [1.807, 2.05) is 48.5 Å². The Morgan fingerprint density at radius 2 is 1.79 bits per heavy atom. The highest BCUT2D eigenvalue weighted by atomic mass is 19.1. The van der Waals surface area contributed by atoms with Crippen molar-refractivity contribution < 1.29 is 13.6 Å². The summed E-state index contributed by atoms with van der Waals surface area (Å²) in [6.45, 7) is 0. The van der Waals surface area contributed by atoms with Crippen LogP contribution in [0, 0.1) is 17.1 Å². The number of nitriles is 1. The normalized spacial score (nSPS) is 15.0. The predicted octanol–water partition coefficient (Wildman–Crippen LogP) is 3.98. The minimum Gasteiger partial charge on any atom is -0.403 e. The van der Waals surface area contributed by atoms with Gasteiger partial charge in [-0.3, -0.25) is 4.79 Å². The summed E-state index contributed by atoms with van der Waals surface area (Å²) >= 11 is 0. The van der Waals surface area contributed by atoms with Gasteiger partial charge in [-0.25, -0.2) is 9.38 Å². The Balaban J connectivity index is 1.49. The molecule has 0 fully saturated rings. The zero-order chi connectivity index (χ0) is 22.8. The van der Waals surface area contributed by atoms with Crippen molar-refractivity contribution >= 4 is 23.3 Å². The lowest BCUT2D eigenvalue weighted by Gasteiger charge is -2.11. The van der Waals surface area contributed by atoms with E-state index in [9.17, 15) is 9.18 Å². The lowest BCUT2D eigenvalue weighted by molar-refractivity contribution is -0.116. The molecule has 1 amide bonds. The molecule has 33 heavy (non-hydrogen) atoms. The van der Waals surface area contributed by atoms with E-state index in [4.69, 9.17) is 9.68 Å². The third-order valence-electron chi connectivity index (χ3n) is 5.01. The van der Waals surface area contributed by atoms with Crippen LogP contribution in [-0.4, -0.2) is 28.0 Å². The second-order valence-corrected chi connectivity index (χ2v) is 7.14. The topological polar surface area (TPSA) is 116 Å². The van der Waals surface area contributed by atoms with Crippen LogP contribution >= 0.6 is 0 Å². The van der Waals surface area contributed by atoms with Gasteiger partial charge in [0, 0.05) is 16.7 Å². The number of carbonyl (C=O) groups excluding carboxylic acids is 1. The number of aliphatic imine (C=N–C) groups is 1. The molecular weight excluding hydrogens is 423 g/mol. The molecule has 1 atom stereocenters. The summed E-state index contributed by atoms with van der Waals surface area (Å²) in [5.74, 6) is -0.975. The van der Waals surface area contributed by atoms with Crippen molar-refractivity contribution in [2.24, 2.45) is 4.99 Å². The van der Waals surface area contributed by atoms with E-state index in [1.165, 1.54) is 12.1 Å². The molecule has 1 unspecified atom stereocenters. The molecule has 0 saturated heterocycles. The molecule has 5 rings (SSSR count). The highest BCUT2D eigenvalue weighted by molar-refractivity contribution is 6.19. The molecule has 0 aliphatic carbocycles. The van der Waals surface area contributed by atoms with Gasteiger partial charge < -0.3 is 15.1 Å². The van der Waals surface area contributed by atoms with Crippen molar-refractivity contribution in [3.63, 3.8) is 0 Å². The Hall–Kier alpha value is -4.84. The number of carbonyl (C=O) groups is 1. The number of benzodiazepines with no additional fused rings is 1. The van der Waals surface area contributed by atoms with Gasteiger partial charge in [0.1, 0.15) is 11.9 Å². The smallest absolute Gasteiger partial charge is 0.317 e. The first kappa shape index (κ1) is 20.1. The second kappa shape index (κ2) is 8.36. The molecule has 1 aliphatic rings. The number of benzene rings is 3. The number of amides is 1. The molecule has 0 bridgehead atoms. The fourth-order valence-electron chi connectivity index (χ4n) is 3.44. The van der Waals surface area contributed by atoms with E-state index < -0.39 is 17.9 Å². The first-order valence-electron chi connectivity index (χ1n) is 9.96. The molecule has 160 valence electrons. The third kappa shape index (κ3) is 3.93. The van der Waals surface area contributed by atoms with Gasteiger partial charge in [-0.05, 0) is 24.3 Å². The monoisotopic (exact) mass is 438 g/mol. The lowest BCUT2D eigenvalue weighted by atomic mass is 10.0. The number of fused-ring (bicyclic) bond motifs is 1. The maximum Gasteiger partial charge on any atom is 0.317 e. The maximum atomic E-state index is 13.6. The first-order chi connectivity index (χ1) is 16.1. The SMILES string of the molecule is N#Cc1cc(-c2nnc(NC3N=C(c4ccccc4)c4ccccc4NC3=O)o2)ccc1F. The zero-order valence-corrected chi connectivity index (χ0v) is 17.0. The van der Waals surface area contributed by atoms with Crippen molar-refractivity contribution in [1.29, 1.82) is 5.26 Å². The van der Waals surface area contributed by atoms with E-state index in [1.54, 1.807) is 12.1 Å². The quantitative estimate of drug-likeness (QED) is 0.498. The fraction of sp³-hybridized carbons (Fsp3) is 0.0417. The number of nitrogens with one attached hydrogen (secondary N) is 2. The van der Waals surface area contributed by atoms with Crippen LogP contribution in [0.1, 0.15) is 16.7 Å². The molecule has 1 aromatic heterocycles. The maximum absolute atomic E-state index is 13.6. The Labute approximate surface area is 187 Å². The summed E-state index contributed by atoms with van der Waals surface area (Å²) in [6, 6.07) is 22.5. The Bertz CT molecular complexity index is 1420. The van der Waals surface area contributed by atoms with Gasteiger partial charge in [-0.15, -0.1) is 5.10 Å². The van der Waals surface area contributed by atoms with Crippen molar-refractivity contribution in [1.82, 2.24) is 10.2 Å². The lowest BCUT2D eigenvalue weighted by Crippen LogP contribution is -2.32. The van der Waals surface area contributed by atoms with Crippen molar-refractivity contribution in [3.8, 4) is 17.5 Å². The first-order valence-corrected chi connectivity index (χ1v) is 9.96. The number of nitrogens with zero attached hydrogens (tertiary/aromatic N) is 4. The average molecular weight is 438 g/mol. The van der Waals surface area contributed by atoms with Crippen molar-refractivity contribution in [3.05, 3.63) is 95.3 Å². The van der Waals surface area contributed by atoms with Crippen LogP contribution in [-0.2, 0) is 4.79 Å². The highest BCUT2D eigenvalue weighted by Crippen LogP contribution is 2.26. The summed E-state index contributed by atoms with van der Waals surface area (Å²) in [5, 5.41) is 22.6. The van der Waals surface area contributed by atoms with Gasteiger partial charge in [0.05, 0.1) is 17.0 Å². The van der Waals surface area contributed by atoms with Crippen LogP contribution in [0.4, 0.5) is 16.1 Å². The second-order valence-electron chi connectivity index (χ2n) is 7.14. The van der Waals surface area contributed by atoms with Crippen LogP contribution in [0.25, 0.3) is 11.5 Å². The molecule has 4 aromatic rings. The molecule has 0 radical (unpaired) electrons. The molecule has 3 aromatic carbocycles. The van der Waals surface area contributed by atoms with E-state index in [0.29, 0.717) is 17.0 Å². The number of hydrogen-bond acceptors (Lipinski definition) is 7. The van der Waals surface area contributed by atoms with E-state index in [2.05, 4.69) is 25.8 Å². The molecule has 1 aliphatic heterocycles. The number of hydrogen-bond donors (Lipinski definition) is 2. The number of rotatable bonds is 4. The summed E-state index contributed by atoms with van der Waals surface area (Å²) in [6.07, 6.45) is -1.05. The Kier molecular flexibility index (Phi) is 5.09. The van der Waals surface area contributed by atoms with Gasteiger partial charge >= 0.3 is 6.01 Å². The van der Waals surface area contributed by atoms with Crippen molar-refractivity contribution in [2.45, 2.75) is 6.17 Å². The zero-order valence-electron chi connectivity index (χ0n) is 17.0. The van der Waals surface area contributed by atoms with Crippen LogP contribution in [0.2, 0.25) is 0 Å². The summed E-state index contributed by atoms with van der Waals surface area (Å²) in [4.78, 5) is 17.6. The molecular formula is C24H15FN6O2. The summed E-state index contributed by atoms with van der Waals surface area (Å²) in [7, 11) is 0. The molecule has 2 heterocycles. The van der Waals surface area contributed by atoms with Crippen LogP contribution in [0.3, 0.4) is 0 Å². The van der Waals surface area contributed by atoms with Gasteiger partial charge in [0.25, 0.3) is 5.91 Å². The van der Waals surface area contributed by atoms with E-state index in [0.717, 1.165) is 17.2 Å². The van der Waals surface area contributed by atoms with Gasteiger partial charge in [0.15, 0.2) is 0 Å². The van der Waals surface area contributed by atoms with Crippen LogP contribution in [0.5, 0.6) is 0 Å². The fourth-order valence-corrected chi connectivity index (χ4v) is 3.44. The number of aromatic nitrogens is 2. The van der Waals surface area contributed by atoms with Gasteiger partial charge in [0.2, 0.25) is 12.1 Å². The summed E-state index contributed by atoms with van der Waals surface area (Å²) < 4.78 is 19.2. The van der Waals surface area contributed by atoms with Crippen LogP contribution < -0.4 is 10.6 Å². The van der Waals surface area contributed by atoms with E-state index in [-0.39, 0.29) is 17.5 Å². The minimum atomic E-state index is -1.05. The number of anilines is 2. The molecule has 2 N–H and O–H groups in total. The molecule has 0 spiro atoms. The Morgan fingerprint density at radius 1 is 1.00 bits per heavy atom.